The summed E-state index contributed by atoms with van der Waals surface area (Å²) in [4.78, 5) is 38.5. The Bertz CT molecular complexity index is 1420. The molecule has 0 spiro atoms. The van der Waals surface area contributed by atoms with Gasteiger partial charge in [-0.1, -0.05) is 6.07 Å². The Hall–Kier alpha value is -3.44. The van der Waals surface area contributed by atoms with E-state index in [4.69, 9.17) is 20.2 Å². The molecule has 3 aromatic heterocycles. The fourth-order valence-electron chi connectivity index (χ4n) is 5.47. The van der Waals surface area contributed by atoms with E-state index >= 15 is 0 Å². The molecule has 2 aliphatic rings. The molecule has 4 N–H and O–H groups in total. The first-order valence-electron chi connectivity index (χ1n) is 13.7. The molecule has 3 aromatic rings. The summed E-state index contributed by atoms with van der Waals surface area (Å²) < 4.78 is 10.9. The molecule has 10 nitrogen and oxygen atoms in total. The first-order valence-corrected chi connectivity index (χ1v) is 14.5. The highest BCUT2D eigenvalue weighted by molar-refractivity contribution is 7.21. The number of nitrogen functional groups attached to an aromatic ring is 1. The molecule has 40 heavy (non-hydrogen) atoms. The molecule has 11 heteroatoms. The Morgan fingerprint density at radius 2 is 1.95 bits per heavy atom. The monoisotopic (exact) mass is 566 g/mol. The Morgan fingerprint density at radius 1 is 1.15 bits per heavy atom. The highest BCUT2D eigenvalue weighted by Gasteiger charge is 2.36. The lowest BCUT2D eigenvalue weighted by atomic mass is 9.91. The van der Waals surface area contributed by atoms with Crippen molar-refractivity contribution >= 4 is 45.1 Å². The number of hydrogen-bond donors (Lipinski definition) is 3. The molecule has 4 heterocycles. The van der Waals surface area contributed by atoms with E-state index in [1.54, 1.807) is 7.11 Å². The van der Waals surface area contributed by atoms with Gasteiger partial charge in [-0.25, -0.2) is 14.8 Å². The normalized spacial score (nSPS) is 20.8. The Morgan fingerprint density at radius 3 is 2.70 bits per heavy atom. The van der Waals surface area contributed by atoms with E-state index in [1.165, 1.54) is 11.3 Å². The van der Waals surface area contributed by atoms with Crippen LogP contribution in [0.5, 0.6) is 0 Å². The highest BCUT2D eigenvalue weighted by Crippen LogP contribution is 2.33. The van der Waals surface area contributed by atoms with Crippen LogP contribution in [-0.4, -0.2) is 66.5 Å². The SMILES string of the molecule is COC[C@@H]1CN(c2ccc3c(n2)CC[C@H](NC(=O)c2sc4nc(C)ccc4c2N)C3)C[C@@H]1NC(=O)OC(C)(C)C. The van der Waals surface area contributed by atoms with E-state index in [-0.39, 0.29) is 23.9 Å². The topological polar surface area (TPSA) is 132 Å². The van der Waals surface area contributed by atoms with Crippen molar-refractivity contribution in [1.29, 1.82) is 0 Å². The first-order chi connectivity index (χ1) is 19.0. The van der Waals surface area contributed by atoms with Crippen molar-refractivity contribution in [2.45, 2.75) is 64.6 Å². The third kappa shape index (κ3) is 6.15. The third-order valence-corrected chi connectivity index (χ3v) is 8.49. The summed E-state index contributed by atoms with van der Waals surface area (Å²) in [7, 11) is 1.67. The van der Waals surface area contributed by atoms with Crippen molar-refractivity contribution in [3.8, 4) is 0 Å². The van der Waals surface area contributed by atoms with Gasteiger partial charge in [0.15, 0.2) is 0 Å². The zero-order chi connectivity index (χ0) is 28.6. The predicted molar refractivity (Wildman–Crippen MR) is 157 cm³/mol. The molecule has 3 atom stereocenters. The molecule has 0 radical (unpaired) electrons. The van der Waals surface area contributed by atoms with Gasteiger partial charge in [0.05, 0.1) is 18.3 Å². The van der Waals surface area contributed by atoms with Crippen molar-refractivity contribution in [3.05, 3.63) is 46.1 Å². The van der Waals surface area contributed by atoms with Crippen molar-refractivity contribution in [3.63, 3.8) is 0 Å². The number of aryl methyl sites for hydroxylation is 2. The van der Waals surface area contributed by atoms with Crippen LogP contribution in [0, 0.1) is 12.8 Å². The van der Waals surface area contributed by atoms with Gasteiger partial charge in [0.2, 0.25) is 0 Å². The summed E-state index contributed by atoms with van der Waals surface area (Å²) in [5.74, 6) is 0.855. The molecule has 1 fully saturated rings. The molecule has 1 aliphatic carbocycles. The number of amides is 2. The maximum atomic E-state index is 13.1. The second-order valence-electron chi connectivity index (χ2n) is 11.7. The largest absolute Gasteiger partial charge is 0.444 e. The number of nitrogens with two attached hydrogens (primary N) is 1. The van der Waals surface area contributed by atoms with Gasteiger partial charge < -0.3 is 30.7 Å². The van der Waals surface area contributed by atoms with Gasteiger partial charge in [-0.05, 0) is 70.7 Å². The average Bonchev–Trinajstić information content (AvgIpc) is 3.42. The molecule has 0 bridgehead atoms. The van der Waals surface area contributed by atoms with Gasteiger partial charge in [-0.15, -0.1) is 11.3 Å². The number of pyridine rings is 2. The van der Waals surface area contributed by atoms with E-state index in [0.717, 1.165) is 52.4 Å². The lowest BCUT2D eigenvalue weighted by Gasteiger charge is -2.26. The Labute approximate surface area is 238 Å². The number of carbonyl (C=O) groups is 2. The molecule has 2 amide bonds. The maximum Gasteiger partial charge on any atom is 0.407 e. The summed E-state index contributed by atoms with van der Waals surface area (Å²) in [6.07, 6.45) is 1.86. The highest BCUT2D eigenvalue weighted by atomic mass is 32.1. The fraction of sp³-hybridized carbons (Fsp3) is 0.517. The van der Waals surface area contributed by atoms with Crippen LogP contribution < -0.4 is 21.3 Å². The fourth-order valence-corrected chi connectivity index (χ4v) is 6.51. The van der Waals surface area contributed by atoms with Gasteiger partial charge in [0, 0.05) is 48.9 Å². The number of carbonyl (C=O) groups excluding carboxylic acids is 2. The molecule has 1 saturated heterocycles. The summed E-state index contributed by atoms with van der Waals surface area (Å²) in [5, 5.41) is 7.03. The summed E-state index contributed by atoms with van der Waals surface area (Å²) in [6, 6.07) is 7.87. The molecule has 1 aliphatic heterocycles. The van der Waals surface area contributed by atoms with Gasteiger partial charge in [0.25, 0.3) is 5.91 Å². The average molecular weight is 567 g/mol. The number of fused-ring (bicyclic) bond motifs is 2. The summed E-state index contributed by atoms with van der Waals surface area (Å²) in [6.45, 7) is 9.37. The van der Waals surface area contributed by atoms with Crippen molar-refractivity contribution in [1.82, 2.24) is 20.6 Å². The van der Waals surface area contributed by atoms with Crippen LogP contribution in [0.25, 0.3) is 10.2 Å². The van der Waals surface area contributed by atoms with Gasteiger partial charge >= 0.3 is 6.09 Å². The van der Waals surface area contributed by atoms with Crippen molar-refractivity contribution in [2.24, 2.45) is 5.92 Å². The standard InChI is InChI=1S/C29H38N6O4S/c1-16-6-9-20-24(30)25(40-27(20)31-16)26(36)32-19-8-10-21-17(12-19)7-11-23(33-21)35-13-18(15-38-5)22(14-35)34-28(37)39-29(2,3)4/h6-7,9,11,18-19,22H,8,10,12-15,30H2,1-5H3,(H,32,36)(H,34,37)/t18-,19-,22-/m0/s1. The number of alkyl carbamates (subject to hydrolysis) is 1. The number of rotatable bonds is 6. The number of anilines is 2. The van der Waals surface area contributed by atoms with Crippen LogP contribution >= 0.6 is 11.3 Å². The van der Waals surface area contributed by atoms with Crippen molar-refractivity contribution < 1.29 is 19.1 Å². The smallest absolute Gasteiger partial charge is 0.407 e. The zero-order valence-electron chi connectivity index (χ0n) is 23.7. The summed E-state index contributed by atoms with van der Waals surface area (Å²) >= 11 is 1.34. The Balaban J connectivity index is 1.23. The number of aromatic nitrogens is 2. The quantitative estimate of drug-likeness (QED) is 0.410. The minimum atomic E-state index is -0.558. The molecule has 0 aromatic carbocycles. The van der Waals surface area contributed by atoms with Crippen molar-refractivity contribution in [2.75, 3.05) is 37.4 Å². The summed E-state index contributed by atoms with van der Waals surface area (Å²) in [5.41, 5.74) is 9.32. The number of nitrogens with one attached hydrogen (secondary N) is 2. The van der Waals surface area contributed by atoms with Crippen LogP contribution in [0.15, 0.2) is 24.3 Å². The molecular weight excluding hydrogens is 528 g/mol. The van der Waals surface area contributed by atoms with E-state index in [9.17, 15) is 9.59 Å². The lowest BCUT2D eigenvalue weighted by Crippen LogP contribution is -2.44. The molecule has 0 unspecified atom stereocenters. The van der Waals surface area contributed by atoms with E-state index in [0.29, 0.717) is 30.1 Å². The Kier molecular flexibility index (Phi) is 7.87. The number of thiophene rings is 1. The van der Waals surface area contributed by atoms with Gasteiger partial charge in [-0.2, -0.15) is 0 Å². The number of ether oxygens (including phenoxy) is 2. The second-order valence-corrected chi connectivity index (χ2v) is 12.7. The van der Waals surface area contributed by atoms with E-state index in [1.807, 2.05) is 45.9 Å². The van der Waals surface area contributed by atoms with Crippen LogP contribution in [0.3, 0.4) is 0 Å². The molecule has 5 rings (SSSR count). The number of hydrogen-bond acceptors (Lipinski definition) is 9. The molecular formula is C29H38N6O4S. The third-order valence-electron chi connectivity index (χ3n) is 7.37. The van der Waals surface area contributed by atoms with Crippen LogP contribution in [0.4, 0.5) is 16.3 Å². The number of methoxy groups -OCH3 is 1. The first kappa shape index (κ1) is 28.1. The zero-order valence-corrected chi connectivity index (χ0v) is 24.6. The van der Waals surface area contributed by atoms with Crippen LogP contribution in [0.1, 0.15) is 53.8 Å². The maximum absolute atomic E-state index is 13.1. The van der Waals surface area contributed by atoms with Gasteiger partial charge in [-0.3, -0.25) is 4.79 Å². The van der Waals surface area contributed by atoms with Crippen LogP contribution in [-0.2, 0) is 22.3 Å². The van der Waals surface area contributed by atoms with Crippen LogP contribution in [0.2, 0.25) is 0 Å². The van der Waals surface area contributed by atoms with E-state index in [2.05, 4.69) is 26.6 Å². The minimum absolute atomic E-state index is 0.00670. The van der Waals surface area contributed by atoms with Gasteiger partial charge in [0.1, 0.15) is 21.1 Å². The minimum Gasteiger partial charge on any atom is -0.444 e. The molecule has 214 valence electrons. The molecule has 0 saturated carbocycles. The number of nitrogens with zero attached hydrogens (tertiary/aromatic N) is 3. The second kappa shape index (κ2) is 11.2. The van der Waals surface area contributed by atoms with E-state index < -0.39 is 11.7 Å². The lowest BCUT2D eigenvalue weighted by molar-refractivity contribution is 0.0480. The predicted octanol–water partition coefficient (Wildman–Crippen LogP) is 3.85.